The second kappa shape index (κ2) is 11.0. The van der Waals surface area contributed by atoms with Gasteiger partial charge in [0.1, 0.15) is 6.61 Å². The van der Waals surface area contributed by atoms with Gasteiger partial charge in [0.15, 0.2) is 18.1 Å². The number of rotatable bonds is 9. The predicted octanol–water partition coefficient (Wildman–Crippen LogP) is 4.56. The van der Waals surface area contributed by atoms with Crippen molar-refractivity contribution in [1.82, 2.24) is 0 Å². The SMILES string of the molecule is C#CCOC(=O)c1ccc(OCC=C(C)CCC=C(C)C)c(OC)c1. The van der Waals surface area contributed by atoms with Gasteiger partial charge in [0.05, 0.1) is 12.7 Å². The van der Waals surface area contributed by atoms with Gasteiger partial charge in [-0.15, -0.1) is 6.42 Å². The molecule has 0 aliphatic carbocycles. The van der Waals surface area contributed by atoms with Crippen LogP contribution in [0.2, 0.25) is 0 Å². The van der Waals surface area contributed by atoms with Crippen LogP contribution in [0.5, 0.6) is 11.5 Å². The summed E-state index contributed by atoms with van der Waals surface area (Å²) in [6, 6.07) is 4.90. The van der Waals surface area contributed by atoms with Crippen molar-refractivity contribution in [2.75, 3.05) is 20.3 Å². The van der Waals surface area contributed by atoms with Gasteiger partial charge in [-0.05, 0) is 57.9 Å². The van der Waals surface area contributed by atoms with Crippen molar-refractivity contribution in [3.8, 4) is 23.8 Å². The Labute approximate surface area is 150 Å². The molecule has 1 rings (SSSR count). The molecule has 0 saturated carbocycles. The lowest BCUT2D eigenvalue weighted by Gasteiger charge is -2.11. The molecule has 0 spiro atoms. The number of hydrogen-bond donors (Lipinski definition) is 0. The second-order valence-corrected chi connectivity index (χ2v) is 5.83. The quantitative estimate of drug-likeness (QED) is 0.375. The lowest BCUT2D eigenvalue weighted by atomic mass is 10.1. The third-order valence-electron chi connectivity index (χ3n) is 3.45. The van der Waals surface area contributed by atoms with Gasteiger partial charge in [-0.1, -0.05) is 23.1 Å². The number of ether oxygens (including phenoxy) is 3. The fraction of sp³-hybridized carbons (Fsp3) is 0.381. The van der Waals surface area contributed by atoms with E-state index in [-0.39, 0.29) is 6.61 Å². The van der Waals surface area contributed by atoms with Crippen LogP contribution in [-0.4, -0.2) is 26.3 Å². The van der Waals surface area contributed by atoms with Crippen LogP contribution >= 0.6 is 0 Å². The van der Waals surface area contributed by atoms with Crippen LogP contribution in [0.1, 0.15) is 44.0 Å². The van der Waals surface area contributed by atoms with Gasteiger partial charge in [0.25, 0.3) is 0 Å². The third kappa shape index (κ3) is 7.63. The van der Waals surface area contributed by atoms with Gasteiger partial charge >= 0.3 is 5.97 Å². The summed E-state index contributed by atoms with van der Waals surface area (Å²) in [6.07, 6.45) is 11.4. The number of benzene rings is 1. The average Bonchev–Trinajstić information content (AvgIpc) is 2.59. The molecule has 0 atom stereocenters. The Morgan fingerprint density at radius 3 is 2.60 bits per heavy atom. The summed E-state index contributed by atoms with van der Waals surface area (Å²) < 4.78 is 15.9. The number of hydrogen-bond acceptors (Lipinski definition) is 4. The van der Waals surface area contributed by atoms with E-state index in [0.717, 1.165) is 12.8 Å². The molecule has 0 N–H and O–H groups in total. The molecule has 0 bridgehead atoms. The number of carbonyl (C=O) groups is 1. The van der Waals surface area contributed by atoms with Crippen molar-refractivity contribution >= 4 is 5.97 Å². The minimum Gasteiger partial charge on any atom is -0.493 e. The number of allylic oxidation sites excluding steroid dienone is 3. The number of terminal acetylenes is 1. The summed E-state index contributed by atoms with van der Waals surface area (Å²) in [5.41, 5.74) is 2.97. The maximum atomic E-state index is 11.8. The molecule has 0 aliphatic rings. The number of esters is 1. The minimum absolute atomic E-state index is 0.0593. The van der Waals surface area contributed by atoms with Crippen molar-refractivity contribution in [1.29, 1.82) is 0 Å². The van der Waals surface area contributed by atoms with Crippen LogP contribution in [0.15, 0.2) is 41.5 Å². The highest BCUT2D eigenvalue weighted by Gasteiger charge is 2.11. The van der Waals surface area contributed by atoms with E-state index >= 15 is 0 Å². The zero-order valence-corrected chi connectivity index (χ0v) is 15.4. The van der Waals surface area contributed by atoms with E-state index in [4.69, 9.17) is 20.6 Å². The first-order valence-electron chi connectivity index (χ1n) is 8.18. The third-order valence-corrected chi connectivity index (χ3v) is 3.45. The van der Waals surface area contributed by atoms with Crippen LogP contribution in [-0.2, 0) is 4.74 Å². The fourth-order valence-corrected chi connectivity index (χ4v) is 2.07. The summed E-state index contributed by atoms with van der Waals surface area (Å²) >= 11 is 0. The topological polar surface area (TPSA) is 44.8 Å². The molecule has 0 amide bonds. The summed E-state index contributed by atoms with van der Waals surface area (Å²) in [5, 5.41) is 0. The van der Waals surface area contributed by atoms with E-state index in [9.17, 15) is 4.79 Å². The van der Waals surface area contributed by atoms with E-state index in [1.165, 1.54) is 18.3 Å². The van der Waals surface area contributed by atoms with Gasteiger partial charge < -0.3 is 14.2 Å². The summed E-state index contributed by atoms with van der Waals surface area (Å²) in [5.74, 6) is 2.82. The molecule has 0 unspecified atom stereocenters. The molecular weight excluding hydrogens is 316 g/mol. The molecule has 0 fully saturated rings. The first-order valence-corrected chi connectivity index (χ1v) is 8.18. The maximum Gasteiger partial charge on any atom is 0.339 e. The van der Waals surface area contributed by atoms with E-state index in [2.05, 4.69) is 32.8 Å². The molecule has 4 heteroatoms. The monoisotopic (exact) mass is 342 g/mol. The van der Waals surface area contributed by atoms with Crippen LogP contribution < -0.4 is 9.47 Å². The summed E-state index contributed by atoms with van der Waals surface area (Å²) in [6.45, 7) is 6.67. The lowest BCUT2D eigenvalue weighted by Crippen LogP contribution is -2.06. The Morgan fingerprint density at radius 1 is 1.20 bits per heavy atom. The highest BCUT2D eigenvalue weighted by atomic mass is 16.5. The Kier molecular flexibility index (Phi) is 8.95. The van der Waals surface area contributed by atoms with E-state index in [1.54, 1.807) is 18.2 Å². The predicted molar refractivity (Wildman–Crippen MR) is 100 cm³/mol. The molecule has 0 aromatic heterocycles. The molecule has 0 aliphatic heterocycles. The van der Waals surface area contributed by atoms with Crippen molar-refractivity contribution < 1.29 is 19.0 Å². The Hall–Kier alpha value is -2.67. The molecule has 1 aromatic rings. The molecule has 4 nitrogen and oxygen atoms in total. The maximum absolute atomic E-state index is 11.8. The highest BCUT2D eigenvalue weighted by molar-refractivity contribution is 5.90. The van der Waals surface area contributed by atoms with Crippen molar-refractivity contribution in [2.24, 2.45) is 0 Å². The number of methoxy groups -OCH3 is 1. The smallest absolute Gasteiger partial charge is 0.339 e. The zero-order chi connectivity index (χ0) is 18.7. The van der Waals surface area contributed by atoms with E-state index in [0.29, 0.717) is 23.7 Å². The second-order valence-electron chi connectivity index (χ2n) is 5.83. The molecule has 0 heterocycles. The van der Waals surface area contributed by atoms with Gasteiger partial charge in [-0.25, -0.2) is 4.79 Å². The Morgan fingerprint density at radius 2 is 1.96 bits per heavy atom. The standard InChI is InChI=1S/C21H26O4/c1-6-13-25-21(22)18-10-11-19(20(15-18)23-5)24-14-12-17(4)9-7-8-16(2)3/h1,8,10-12,15H,7,9,13-14H2,2-5H3. The molecule has 1 aromatic carbocycles. The van der Waals surface area contributed by atoms with Gasteiger partial charge in [-0.2, -0.15) is 0 Å². The lowest BCUT2D eigenvalue weighted by molar-refractivity contribution is 0.0556. The Bertz CT molecular complexity index is 674. The van der Waals surface area contributed by atoms with Gasteiger partial charge in [0, 0.05) is 0 Å². The largest absolute Gasteiger partial charge is 0.493 e. The normalized spacial score (nSPS) is 10.6. The molecular formula is C21H26O4. The molecule has 0 saturated heterocycles. The average molecular weight is 342 g/mol. The summed E-state index contributed by atoms with van der Waals surface area (Å²) in [7, 11) is 1.53. The molecule has 25 heavy (non-hydrogen) atoms. The van der Waals surface area contributed by atoms with Crippen LogP contribution in [0, 0.1) is 12.3 Å². The summed E-state index contributed by atoms with van der Waals surface area (Å²) in [4.78, 5) is 11.8. The first-order chi connectivity index (χ1) is 12.0. The van der Waals surface area contributed by atoms with E-state index < -0.39 is 5.97 Å². The molecule has 134 valence electrons. The van der Waals surface area contributed by atoms with Gasteiger partial charge in [-0.3, -0.25) is 0 Å². The van der Waals surface area contributed by atoms with Gasteiger partial charge in [0.2, 0.25) is 0 Å². The van der Waals surface area contributed by atoms with Crippen molar-refractivity contribution in [3.05, 3.63) is 47.1 Å². The minimum atomic E-state index is -0.488. The zero-order valence-electron chi connectivity index (χ0n) is 15.4. The van der Waals surface area contributed by atoms with Crippen LogP contribution in [0.3, 0.4) is 0 Å². The Balaban J connectivity index is 2.65. The number of carbonyl (C=O) groups excluding carboxylic acids is 1. The molecule has 0 radical (unpaired) electrons. The first kappa shape index (κ1) is 20.4. The van der Waals surface area contributed by atoms with Crippen LogP contribution in [0.25, 0.3) is 0 Å². The van der Waals surface area contributed by atoms with Crippen LogP contribution in [0.4, 0.5) is 0 Å². The highest BCUT2D eigenvalue weighted by Crippen LogP contribution is 2.28. The van der Waals surface area contributed by atoms with Crippen molar-refractivity contribution in [3.63, 3.8) is 0 Å². The fourth-order valence-electron chi connectivity index (χ4n) is 2.07. The van der Waals surface area contributed by atoms with Crippen molar-refractivity contribution in [2.45, 2.75) is 33.6 Å². The van der Waals surface area contributed by atoms with E-state index in [1.807, 2.05) is 6.08 Å².